The molecular weight excluding hydrogens is 386 g/mol. The fourth-order valence-corrected chi connectivity index (χ4v) is 4.92. The molecule has 0 N–H and O–H groups in total. The normalized spacial score (nSPS) is 14.6. The molecule has 0 radical (unpaired) electrons. The summed E-state index contributed by atoms with van der Waals surface area (Å²) in [6, 6.07) is 13.7. The molecule has 0 saturated heterocycles. The van der Waals surface area contributed by atoms with Crippen LogP contribution in [0.2, 0.25) is 0 Å². The lowest BCUT2D eigenvalue weighted by Crippen LogP contribution is -2.36. The van der Waals surface area contributed by atoms with Gasteiger partial charge in [0.15, 0.2) is 0 Å². The van der Waals surface area contributed by atoms with Crippen molar-refractivity contribution in [1.82, 2.24) is 18.8 Å². The summed E-state index contributed by atoms with van der Waals surface area (Å²) in [7, 11) is 0.153. The van der Waals surface area contributed by atoms with Crippen molar-refractivity contribution in [3.63, 3.8) is 0 Å². The Morgan fingerprint density at radius 2 is 1.86 bits per heavy atom. The molecule has 0 saturated carbocycles. The van der Waals surface area contributed by atoms with Crippen LogP contribution in [0.25, 0.3) is 0 Å². The van der Waals surface area contributed by atoms with Gasteiger partial charge in [0.25, 0.3) is 0 Å². The Hall–Kier alpha value is -2.71. The molecule has 2 aromatic heterocycles. The predicted molar refractivity (Wildman–Crippen MR) is 112 cm³/mol. The average Bonchev–Trinajstić information content (AvgIpc) is 3.15. The number of aryl methyl sites for hydroxylation is 2. The Morgan fingerprint density at radius 1 is 1.07 bits per heavy atom. The minimum absolute atomic E-state index is 0.218. The third-order valence-corrected chi connectivity index (χ3v) is 7.09. The molecule has 0 atom stereocenters. The van der Waals surface area contributed by atoms with Gasteiger partial charge in [0.2, 0.25) is 10.0 Å². The maximum Gasteiger partial charge on any atom is 0.244 e. The Morgan fingerprint density at radius 3 is 2.55 bits per heavy atom. The van der Waals surface area contributed by atoms with Crippen molar-refractivity contribution in [1.29, 1.82) is 0 Å². The number of hydrogen-bond acceptors (Lipinski definition) is 5. The van der Waals surface area contributed by atoms with E-state index in [0.717, 1.165) is 30.2 Å². The maximum absolute atomic E-state index is 13.0. The van der Waals surface area contributed by atoms with Gasteiger partial charge in [0.05, 0.1) is 18.6 Å². The summed E-state index contributed by atoms with van der Waals surface area (Å²) in [4.78, 5) is 10.8. The number of fused-ring (bicyclic) bond motifs is 1. The monoisotopic (exact) mass is 411 g/mol. The molecule has 0 bridgehead atoms. The second-order valence-electron chi connectivity index (χ2n) is 7.40. The molecular formula is C21H25N5O2S. The summed E-state index contributed by atoms with van der Waals surface area (Å²) in [6.07, 6.45) is 4.85. The highest BCUT2D eigenvalue weighted by Crippen LogP contribution is 2.25. The van der Waals surface area contributed by atoms with Crippen LogP contribution in [0.15, 0.2) is 59.9 Å². The van der Waals surface area contributed by atoms with Crippen molar-refractivity contribution in [2.75, 3.05) is 25.5 Å². The van der Waals surface area contributed by atoms with Gasteiger partial charge in [-0.25, -0.2) is 18.4 Å². The molecule has 3 heterocycles. The summed E-state index contributed by atoms with van der Waals surface area (Å²) in [5, 5.41) is 0. The highest BCUT2D eigenvalue weighted by molar-refractivity contribution is 7.89. The van der Waals surface area contributed by atoms with Gasteiger partial charge in [0.1, 0.15) is 10.7 Å². The Bertz CT molecular complexity index is 1080. The van der Waals surface area contributed by atoms with Gasteiger partial charge in [-0.05, 0) is 24.1 Å². The van der Waals surface area contributed by atoms with Crippen molar-refractivity contribution in [2.45, 2.75) is 30.8 Å². The zero-order valence-corrected chi connectivity index (χ0v) is 17.5. The summed E-state index contributed by atoms with van der Waals surface area (Å²) >= 11 is 0. The number of anilines is 1. The second kappa shape index (κ2) is 7.96. The van der Waals surface area contributed by atoms with Gasteiger partial charge in [0, 0.05) is 45.5 Å². The molecule has 0 spiro atoms. The first-order chi connectivity index (χ1) is 13.9. The Balaban J connectivity index is 1.48. The predicted octanol–water partition coefficient (Wildman–Crippen LogP) is 2.33. The van der Waals surface area contributed by atoms with Gasteiger partial charge in [-0.1, -0.05) is 30.3 Å². The smallest absolute Gasteiger partial charge is 0.244 e. The van der Waals surface area contributed by atoms with E-state index >= 15 is 0 Å². The van der Waals surface area contributed by atoms with E-state index in [9.17, 15) is 8.42 Å². The van der Waals surface area contributed by atoms with E-state index in [-0.39, 0.29) is 4.90 Å². The van der Waals surface area contributed by atoms with E-state index in [1.54, 1.807) is 12.1 Å². The van der Waals surface area contributed by atoms with Gasteiger partial charge in [-0.2, -0.15) is 4.31 Å². The number of sulfonamides is 1. The molecule has 0 unspecified atom stereocenters. The van der Waals surface area contributed by atoms with Crippen molar-refractivity contribution in [3.05, 3.63) is 71.9 Å². The fourth-order valence-electron chi connectivity index (χ4n) is 3.58. The van der Waals surface area contributed by atoms with Crippen LogP contribution in [0.4, 0.5) is 5.82 Å². The number of pyridine rings is 1. The van der Waals surface area contributed by atoms with E-state index in [2.05, 4.69) is 26.7 Å². The molecule has 4 rings (SSSR count). The number of aromatic nitrogens is 3. The van der Waals surface area contributed by atoms with Gasteiger partial charge < -0.3 is 9.47 Å². The van der Waals surface area contributed by atoms with Crippen LogP contribution in [0.1, 0.15) is 17.0 Å². The Labute approximate surface area is 171 Å². The summed E-state index contributed by atoms with van der Waals surface area (Å²) in [5.74, 6) is 0.724. The van der Waals surface area contributed by atoms with Crippen LogP contribution in [0, 0.1) is 0 Å². The molecule has 1 aliphatic rings. The van der Waals surface area contributed by atoms with Crippen LogP contribution in [-0.2, 0) is 36.0 Å². The van der Waals surface area contributed by atoms with Crippen LogP contribution in [0.3, 0.4) is 0 Å². The zero-order chi connectivity index (χ0) is 20.4. The van der Waals surface area contributed by atoms with Crippen molar-refractivity contribution < 1.29 is 8.42 Å². The lowest BCUT2D eigenvalue weighted by molar-refractivity contribution is 0.380. The zero-order valence-electron chi connectivity index (χ0n) is 16.7. The number of hydrogen-bond donors (Lipinski definition) is 0. The second-order valence-corrected chi connectivity index (χ2v) is 9.34. The van der Waals surface area contributed by atoms with E-state index in [4.69, 9.17) is 0 Å². The van der Waals surface area contributed by atoms with Gasteiger partial charge >= 0.3 is 0 Å². The van der Waals surface area contributed by atoms with E-state index in [0.29, 0.717) is 19.5 Å². The molecule has 152 valence electrons. The fraction of sp³-hybridized carbons (Fsp3) is 0.333. The number of benzene rings is 1. The quantitative estimate of drug-likeness (QED) is 0.623. The van der Waals surface area contributed by atoms with E-state index < -0.39 is 10.0 Å². The molecule has 3 aromatic rings. The molecule has 0 fully saturated rings. The molecule has 0 amide bonds. The number of nitrogens with zero attached hydrogens (tertiary/aromatic N) is 5. The van der Waals surface area contributed by atoms with Crippen molar-refractivity contribution >= 4 is 15.8 Å². The highest BCUT2D eigenvalue weighted by Gasteiger charge is 2.30. The van der Waals surface area contributed by atoms with Gasteiger partial charge in [-0.15, -0.1) is 0 Å². The minimum Gasteiger partial charge on any atom is -0.363 e. The lowest BCUT2D eigenvalue weighted by atomic mass is 10.1. The largest absolute Gasteiger partial charge is 0.363 e. The lowest BCUT2D eigenvalue weighted by Gasteiger charge is -2.26. The van der Waals surface area contributed by atoms with E-state index in [1.807, 2.05) is 43.5 Å². The first-order valence-electron chi connectivity index (χ1n) is 9.65. The van der Waals surface area contributed by atoms with Crippen molar-refractivity contribution in [2.24, 2.45) is 0 Å². The topological polar surface area (TPSA) is 71.3 Å². The van der Waals surface area contributed by atoms with Crippen LogP contribution in [-0.4, -0.2) is 47.9 Å². The highest BCUT2D eigenvalue weighted by atomic mass is 32.2. The summed E-state index contributed by atoms with van der Waals surface area (Å²) in [5.41, 5.74) is 3.25. The molecule has 1 aliphatic heterocycles. The Kier molecular flexibility index (Phi) is 5.38. The molecule has 7 nitrogen and oxygen atoms in total. The molecule has 1 aromatic carbocycles. The van der Waals surface area contributed by atoms with Crippen LogP contribution in [0.5, 0.6) is 0 Å². The van der Waals surface area contributed by atoms with Gasteiger partial charge in [-0.3, -0.25) is 0 Å². The summed E-state index contributed by atoms with van der Waals surface area (Å²) < 4.78 is 29.7. The van der Waals surface area contributed by atoms with Crippen LogP contribution >= 0.6 is 0 Å². The number of rotatable bonds is 6. The minimum atomic E-state index is -3.59. The standard InChI is InChI=1S/C21H25N5O2S/c1-24(2)21-9-8-18(14-22-21)29(27,28)26-13-11-20-19(15-26)23-16-25(20)12-10-17-6-4-3-5-7-17/h3-9,14,16H,10-13,15H2,1-2H3. The third-order valence-electron chi connectivity index (χ3n) is 5.26. The third kappa shape index (κ3) is 4.04. The summed E-state index contributed by atoms with van der Waals surface area (Å²) in [6.45, 7) is 1.59. The maximum atomic E-state index is 13.0. The first kappa shape index (κ1) is 19.6. The average molecular weight is 412 g/mol. The molecule has 8 heteroatoms. The van der Waals surface area contributed by atoms with Crippen LogP contribution < -0.4 is 4.90 Å². The number of imidazole rings is 1. The molecule has 0 aliphatic carbocycles. The SMILES string of the molecule is CN(C)c1ccc(S(=O)(=O)N2CCc3c(ncn3CCc3ccccc3)C2)cn1. The first-order valence-corrected chi connectivity index (χ1v) is 11.1. The van der Waals surface area contributed by atoms with E-state index in [1.165, 1.54) is 16.1 Å². The van der Waals surface area contributed by atoms with Crippen molar-refractivity contribution in [3.8, 4) is 0 Å². The molecule has 29 heavy (non-hydrogen) atoms.